The number of nitrogens with one attached hydrogen (secondary N) is 1. The first kappa shape index (κ1) is 15.2. The molecular weight excluding hydrogens is 206 g/mol. The maximum absolute atomic E-state index is 11.6. The third-order valence-corrected chi connectivity index (χ3v) is 2.15. The van der Waals surface area contributed by atoms with E-state index in [2.05, 4.69) is 5.32 Å². The molecule has 0 radical (unpaired) electrons. The molecule has 0 aromatic heterocycles. The second-order valence-electron chi connectivity index (χ2n) is 6.08. The van der Waals surface area contributed by atoms with Crippen molar-refractivity contribution in [2.24, 2.45) is 5.41 Å². The van der Waals surface area contributed by atoms with E-state index in [1.165, 1.54) is 0 Å². The zero-order valence-electron chi connectivity index (χ0n) is 11.3. The monoisotopic (exact) mass is 231 g/mol. The summed E-state index contributed by atoms with van der Waals surface area (Å²) in [4.78, 5) is 11.6. The molecule has 1 atom stereocenters. The number of alkyl carbamates (subject to hydrolysis) is 1. The molecule has 0 aliphatic carbocycles. The van der Waals surface area contributed by atoms with Gasteiger partial charge in [-0.2, -0.15) is 0 Å². The first-order valence-corrected chi connectivity index (χ1v) is 5.66. The highest BCUT2D eigenvalue weighted by atomic mass is 16.6. The Morgan fingerprint density at radius 1 is 1.25 bits per heavy atom. The minimum Gasteiger partial charge on any atom is -0.444 e. The average molecular weight is 231 g/mol. The van der Waals surface area contributed by atoms with Crippen molar-refractivity contribution in [2.75, 3.05) is 6.61 Å². The van der Waals surface area contributed by atoms with Gasteiger partial charge in [0.1, 0.15) is 5.60 Å². The SMILES string of the molecule is CC(C)(C)OC(=O)NC(CCO)C(C)(C)C. The molecule has 4 nitrogen and oxygen atoms in total. The molecule has 96 valence electrons. The highest BCUT2D eigenvalue weighted by Gasteiger charge is 2.27. The molecule has 0 aliphatic rings. The maximum Gasteiger partial charge on any atom is 0.407 e. The number of aliphatic hydroxyl groups is 1. The molecule has 0 rings (SSSR count). The normalized spacial score (nSPS) is 14.4. The lowest BCUT2D eigenvalue weighted by atomic mass is 9.85. The molecule has 4 heteroatoms. The van der Waals surface area contributed by atoms with Gasteiger partial charge in [-0.15, -0.1) is 0 Å². The van der Waals surface area contributed by atoms with Crippen LogP contribution in [0.15, 0.2) is 0 Å². The van der Waals surface area contributed by atoms with Crippen molar-refractivity contribution in [1.29, 1.82) is 0 Å². The number of aliphatic hydroxyl groups excluding tert-OH is 1. The van der Waals surface area contributed by atoms with Gasteiger partial charge in [0.25, 0.3) is 0 Å². The smallest absolute Gasteiger partial charge is 0.407 e. The van der Waals surface area contributed by atoms with Gasteiger partial charge in [-0.25, -0.2) is 4.79 Å². The molecule has 0 bridgehead atoms. The maximum atomic E-state index is 11.6. The summed E-state index contributed by atoms with van der Waals surface area (Å²) in [6.07, 6.45) is 0.101. The van der Waals surface area contributed by atoms with Crippen LogP contribution in [0.1, 0.15) is 48.0 Å². The Hall–Kier alpha value is -0.770. The van der Waals surface area contributed by atoms with Crippen LogP contribution in [0.2, 0.25) is 0 Å². The molecule has 0 saturated carbocycles. The fraction of sp³-hybridized carbons (Fsp3) is 0.917. The van der Waals surface area contributed by atoms with Crippen molar-refractivity contribution < 1.29 is 14.6 Å². The zero-order valence-corrected chi connectivity index (χ0v) is 11.3. The van der Waals surface area contributed by atoms with E-state index in [0.717, 1.165) is 0 Å². The summed E-state index contributed by atoms with van der Waals surface area (Å²) in [7, 11) is 0. The van der Waals surface area contributed by atoms with Crippen LogP contribution in [-0.2, 0) is 4.74 Å². The van der Waals surface area contributed by atoms with Crippen LogP contribution in [0.3, 0.4) is 0 Å². The molecule has 1 amide bonds. The van der Waals surface area contributed by atoms with Crippen LogP contribution >= 0.6 is 0 Å². The molecule has 0 spiro atoms. The van der Waals surface area contributed by atoms with E-state index in [0.29, 0.717) is 6.42 Å². The van der Waals surface area contributed by atoms with Crippen LogP contribution in [0.5, 0.6) is 0 Å². The van der Waals surface area contributed by atoms with E-state index >= 15 is 0 Å². The van der Waals surface area contributed by atoms with Crippen molar-refractivity contribution in [2.45, 2.75) is 59.6 Å². The van der Waals surface area contributed by atoms with Crippen molar-refractivity contribution in [3.05, 3.63) is 0 Å². The van der Waals surface area contributed by atoms with Crippen molar-refractivity contribution in [3.8, 4) is 0 Å². The molecule has 16 heavy (non-hydrogen) atoms. The second kappa shape index (κ2) is 5.53. The molecular formula is C12H25NO3. The lowest BCUT2D eigenvalue weighted by Crippen LogP contribution is -2.46. The van der Waals surface area contributed by atoms with Gasteiger partial charge in [0, 0.05) is 12.6 Å². The molecule has 1 unspecified atom stereocenters. The van der Waals surface area contributed by atoms with Crippen molar-refractivity contribution in [3.63, 3.8) is 0 Å². The van der Waals surface area contributed by atoms with E-state index in [9.17, 15) is 4.79 Å². The molecule has 0 aliphatic heterocycles. The lowest BCUT2D eigenvalue weighted by Gasteiger charge is -2.32. The predicted octanol–water partition coefficient (Wildman–Crippen LogP) is 2.31. The van der Waals surface area contributed by atoms with Crippen molar-refractivity contribution in [1.82, 2.24) is 5.32 Å². The van der Waals surface area contributed by atoms with Gasteiger partial charge >= 0.3 is 6.09 Å². The van der Waals surface area contributed by atoms with Gasteiger partial charge in [0.15, 0.2) is 0 Å². The van der Waals surface area contributed by atoms with E-state index in [1.807, 2.05) is 41.5 Å². The summed E-state index contributed by atoms with van der Waals surface area (Å²) in [5.41, 5.74) is -0.592. The van der Waals surface area contributed by atoms with E-state index < -0.39 is 11.7 Å². The van der Waals surface area contributed by atoms with Crippen LogP contribution in [0.4, 0.5) is 4.79 Å². The standard InChI is InChI=1S/C12H25NO3/c1-11(2,3)9(7-8-14)13-10(15)16-12(4,5)6/h9,14H,7-8H2,1-6H3,(H,13,15). The quantitative estimate of drug-likeness (QED) is 0.783. The fourth-order valence-corrected chi connectivity index (χ4v) is 1.30. The molecule has 0 saturated heterocycles. The Labute approximate surface area is 98.4 Å². The number of hydrogen-bond acceptors (Lipinski definition) is 3. The Balaban J connectivity index is 4.36. The molecule has 0 fully saturated rings. The average Bonchev–Trinajstić information content (AvgIpc) is 1.97. The van der Waals surface area contributed by atoms with E-state index in [4.69, 9.17) is 9.84 Å². The van der Waals surface area contributed by atoms with E-state index in [-0.39, 0.29) is 18.1 Å². The summed E-state index contributed by atoms with van der Waals surface area (Å²) < 4.78 is 5.18. The van der Waals surface area contributed by atoms with Gasteiger partial charge in [-0.05, 0) is 32.6 Å². The van der Waals surface area contributed by atoms with E-state index in [1.54, 1.807) is 0 Å². The number of carbonyl (C=O) groups is 1. The Morgan fingerprint density at radius 2 is 1.75 bits per heavy atom. The van der Waals surface area contributed by atoms with Crippen LogP contribution in [0.25, 0.3) is 0 Å². The molecule has 2 N–H and O–H groups in total. The number of ether oxygens (including phenoxy) is 1. The van der Waals surface area contributed by atoms with Crippen LogP contribution in [0, 0.1) is 5.41 Å². The summed E-state index contributed by atoms with van der Waals surface area (Å²) in [5.74, 6) is 0. The first-order chi connectivity index (χ1) is 7.06. The van der Waals surface area contributed by atoms with Crippen LogP contribution in [-0.4, -0.2) is 29.4 Å². The van der Waals surface area contributed by atoms with Crippen LogP contribution < -0.4 is 5.32 Å². The number of carbonyl (C=O) groups excluding carboxylic acids is 1. The molecule has 0 heterocycles. The van der Waals surface area contributed by atoms with Crippen molar-refractivity contribution >= 4 is 6.09 Å². The Morgan fingerprint density at radius 3 is 2.06 bits per heavy atom. The summed E-state index contributed by atoms with van der Waals surface area (Å²) >= 11 is 0. The van der Waals surface area contributed by atoms with Gasteiger partial charge < -0.3 is 15.2 Å². The highest BCUT2D eigenvalue weighted by Crippen LogP contribution is 2.22. The number of hydrogen-bond donors (Lipinski definition) is 2. The minimum absolute atomic E-state index is 0.0533. The Bertz CT molecular complexity index is 225. The number of rotatable bonds is 3. The summed E-state index contributed by atoms with van der Waals surface area (Å²) in [5, 5.41) is 11.7. The molecule has 0 aromatic rings. The Kier molecular flexibility index (Phi) is 5.26. The summed E-state index contributed by atoms with van der Waals surface area (Å²) in [6.45, 7) is 11.6. The highest BCUT2D eigenvalue weighted by molar-refractivity contribution is 5.68. The van der Waals surface area contributed by atoms with Gasteiger partial charge in [0.2, 0.25) is 0 Å². The van der Waals surface area contributed by atoms with Gasteiger partial charge in [-0.3, -0.25) is 0 Å². The third-order valence-electron chi connectivity index (χ3n) is 2.15. The first-order valence-electron chi connectivity index (χ1n) is 5.66. The largest absolute Gasteiger partial charge is 0.444 e. The third kappa shape index (κ3) is 6.67. The fourth-order valence-electron chi connectivity index (χ4n) is 1.30. The molecule has 0 aromatic carbocycles. The lowest BCUT2D eigenvalue weighted by molar-refractivity contribution is 0.0449. The van der Waals surface area contributed by atoms with Gasteiger partial charge in [0.05, 0.1) is 0 Å². The topological polar surface area (TPSA) is 58.6 Å². The second-order valence-corrected chi connectivity index (χ2v) is 6.08. The predicted molar refractivity (Wildman–Crippen MR) is 64.3 cm³/mol. The van der Waals surface area contributed by atoms with Gasteiger partial charge in [-0.1, -0.05) is 20.8 Å². The minimum atomic E-state index is -0.494. The summed E-state index contributed by atoms with van der Waals surface area (Å²) in [6, 6.07) is -0.0904. The zero-order chi connectivity index (χ0) is 13.0. The number of amides is 1.